The van der Waals surface area contributed by atoms with Crippen LogP contribution in [-0.4, -0.2) is 14.5 Å². The van der Waals surface area contributed by atoms with Gasteiger partial charge >= 0.3 is 0 Å². The van der Waals surface area contributed by atoms with Crippen molar-refractivity contribution in [3.63, 3.8) is 0 Å². The lowest BCUT2D eigenvalue weighted by molar-refractivity contribution is 1.16. The fraction of sp³-hybridized carbons (Fsp3) is 0. The van der Waals surface area contributed by atoms with E-state index in [-0.39, 0.29) is 0 Å². The SMILES string of the molecule is C1=Cc2cc3c(cc2Sc2ccccc21)c1ccccc1n3-c1cccc(-c2cc(-c3ccccc3)nc(-c3ccccc3)n2)c1. The van der Waals surface area contributed by atoms with Crippen LogP contribution in [0, 0.1) is 0 Å². The first kappa shape index (κ1) is 26.7. The average molecular weight is 606 g/mol. The molecule has 0 saturated heterocycles. The predicted molar refractivity (Wildman–Crippen MR) is 192 cm³/mol. The Labute approximate surface area is 271 Å². The van der Waals surface area contributed by atoms with Crippen LogP contribution < -0.4 is 0 Å². The molecule has 6 aromatic carbocycles. The minimum absolute atomic E-state index is 0.715. The summed E-state index contributed by atoms with van der Waals surface area (Å²) in [7, 11) is 0. The van der Waals surface area contributed by atoms with Crippen LogP contribution >= 0.6 is 11.8 Å². The molecule has 0 aliphatic carbocycles. The molecule has 46 heavy (non-hydrogen) atoms. The van der Waals surface area contributed by atoms with Gasteiger partial charge in [0.25, 0.3) is 0 Å². The highest BCUT2D eigenvalue weighted by atomic mass is 32.2. The minimum atomic E-state index is 0.715. The van der Waals surface area contributed by atoms with Crippen molar-refractivity contribution >= 4 is 45.7 Å². The number of nitrogens with zero attached hydrogens (tertiary/aromatic N) is 3. The van der Waals surface area contributed by atoms with Crippen LogP contribution in [0.25, 0.3) is 73.5 Å². The van der Waals surface area contributed by atoms with Crippen molar-refractivity contribution in [3.8, 4) is 39.6 Å². The number of rotatable bonds is 4. The van der Waals surface area contributed by atoms with E-state index in [1.807, 2.05) is 36.0 Å². The third-order valence-corrected chi connectivity index (χ3v) is 9.78. The Morgan fingerprint density at radius 1 is 0.435 bits per heavy atom. The molecule has 0 N–H and O–H groups in total. The number of hydrogen-bond acceptors (Lipinski definition) is 3. The lowest BCUT2D eigenvalue weighted by atomic mass is 10.1. The maximum absolute atomic E-state index is 5.10. The van der Waals surface area contributed by atoms with Crippen molar-refractivity contribution < 1.29 is 0 Å². The molecular weight excluding hydrogens is 579 g/mol. The molecule has 8 aromatic rings. The van der Waals surface area contributed by atoms with Crippen LogP contribution in [0.15, 0.2) is 161 Å². The monoisotopic (exact) mass is 605 g/mol. The molecule has 0 fully saturated rings. The van der Waals surface area contributed by atoms with Crippen molar-refractivity contribution in [3.05, 3.63) is 163 Å². The Morgan fingerprint density at radius 2 is 1.11 bits per heavy atom. The molecule has 9 rings (SSSR count). The van der Waals surface area contributed by atoms with Gasteiger partial charge in [-0.05, 0) is 53.6 Å². The molecule has 0 amide bonds. The molecule has 0 bridgehead atoms. The molecule has 0 saturated carbocycles. The van der Waals surface area contributed by atoms with Crippen LogP contribution in [-0.2, 0) is 0 Å². The molecular formula is C42H27N3S. The summed E-state index contributed by atoms with van der Waals surface area (Å²) in [5, 5.41) is 2.49. The second-order valence-corrected chi connectivity index (χ2v) is 12.6. The van der Waals surface area contributed by atoms with Crippen molar-refractivity contribution in [1.82, 2.24) is 14.5 Å². The molecule has 2 aromatic heterocycles. The zero-order chi connectivity index (χ0) is 30.5. The van der Waals surface area contributed by atoms with Gasteiger partial charge < -0.3 is 4.57 Å². The van der Waals surface area contributed by atoms with E-state index >= 15 is 0 Å². The maximum Gasteiger partial charge on any atom is 0.160 e. The van der Waals surface area contributed by atoms with Gasteiger partial charge in [-0.2, -0.15) is 0 Å². The summed E-state index contributed by atoms with van der Waals surface area (Å²) in [4.78, 5) is 12.6. The fourth-order valence-corrected chi connectivity index (χ4v) is 7.45. The highest BCUT2D eigenvalue weighted by Gasteiger charge is 2.18. The lowest BCUT2D eigenvalue weighted by Crippen LogP contribution is -1.98. The molecule has 1 aliphatic rings. The van der Waals surface area contributed by atoms with Gasteiger partial charge in [-0.1, -0.05) is 133 Å². The van der Waals surface area contributed by atoms with Crippen molar-refractivity contribution in [1.29, 1.82) is 0 Å². The van der Waals surface area contributed by atoms with Crippen LogP contribution in [0.1, 0.15) is 11.1 Å². The first-order valence-corrected chi connectivity index (χ1v) is 16.2. The van der Waals surface area contributed by atoms with Crippen molar-refractivity contribution in [2.75, 3.05) is 0 Å². The van der Waals surface area contributed by atoms with Gasteiger partial charge in [-0.15, -0.1) is 0 Å². The number of fused-ring (bicyclic) bond motifs is 5. The summed E-state index contributed by atoms with van der Waals surface area (Å²) in [5.74, 6) is 0.715. The topological polar surface area (TPSA) is 30.7 Å². The zero-order valence-corrected chi connectivity index (χ0v) is 25.7. The second kappa shape index (κ2) is 11.0. The Bertz CT molecular complexity index is 2380. The lowest BCUT2D eigenvalue weighted by Gasteiger charge is -2.13. The fourth-order valence-electron chi connectivity index (χ4n) is 6.39. The molecule has 0 radical (unpaired) electrons. The van der Waals surface area contributed by atoms with Gasteiger partial charge in [0.1, 0.15) is 0 Å². The van der Waals surface area contributed by atoms with Crippen molar-refractivity contribution in [2.24, 2.45) is 0 Å². The Kier molecular flexibility index (Phi) is 6.39. The van der Waals surface area contributed by atoms with E-state index in [0.717, 1.165) is 33.8 Å². The van der Waals surface area contributed by atoms with E-state index in [0.29, 0.717) is 5.82 Å². The third kappa shape index (κ3) is 4.63. The molecule has 0 spiro atoms. The highest BCUT2D eigenvalue weighted by molar-refractivity contribution is 7.99. The van der Waals surface area contributed by atoms with Crippen LogP contribution in [0.3, 0.4) is 0 Å². The first-order valence-electron chi connectivity index (χ1n) is 15.4. The van der Waals surface area contributed by atoms with E-state index in [4.69, 9.17) is 9.97 Å². The normalized spacial score (nSPS) is 12.2. The van der Waals surface area contributed by atoms with Gasteiger partial charge in [0.15, 0.2) is 5.82 Å². The summed E-state index contributed by atoms with van der Waals surface area (Å²) >= 11 is 1.84. The molecule has 216 valence electrons. The van der Waals surface area contributed by atoms with Gasteiger partial charge in [-0.25, -0.2) is 9.97 Å². The van der Waals surface area contributed by atoms with E-state index < -0.39 is 0 Å². The quantitative estimate of drug-likeness (QED) is 0.200. The largest absolute Gasteiger partial charge is 0.309 e. The summed E-state index contributed by atoms with van der Waals surface area (Å²) in [6.07, 6.45) is 4.49. The Balaban J connectivity index is 1.23. The number of benzene rings is 6. The van der Waals surface area contributed by atoms with Gasteiger partial charge in [0.2, 0.25) is 0 Å². The average Bonchev–Trinajstić information content (AvgIpc) is 3.32. The van der Waals surface area contributed by atoms with Gasteiger partial charge in [0, 0.05) is 42.9 Å². The Hall–Kier alpha value is -5.71. The van der Waals surface area contributed by atoms with Crippen LogP contribution in [0.2, 0.25) is 0 Å². The number of hydrogen-bond donors (Lipinski definition) is 0. The standard InChI is InChI=1S/C42H27N3S/c1-3-12-28(13-4-1)36-27-37(44-42(43-36)30-15-5-2-6-16-30)31-17-11-18-33(24-31)45-38-20-9-8-19-34(38)35-26-41-32(25-39(35)45)23-22-29-14-7-10-21-40(29)46-41/h1-27H. The molecule has 0 atom stereocenters. The van der Waals surface area contributed by atoms with Crippen molar-refractivity contribution in [2.45, 2.75) is 9.79 Å². The third-order valence-electron chi connectivity index (χ3n) is 8.61. The summed E-state index contributed by atoms with van der Waals surface area (Å²) < 4.78 is 2.39. The second-order valence-electron chi connectivity index (χ2n) is 11.5. The molecule has 3 heterocycles. The summed E-state index contributed by atoms with van der Waals surface area (Å²) in [6.45, 7) is 0. The van der Waals surface area contributed by atoms with Gasteiger partial charge in [0.05, 0.1) is 22.4 Å². The predicted octanol–water partition coefficient (Wildman–Crippen LogP) is 11.2. The zero-order valence-electron chi connectivity index (χ0n) is 24.8. The van der Waals surface area contributed by atoms with E-state index in [1.54, 1.807) is 0 Å². The van der Waals surface area contributed by atoms with E-state index in [9.17, 15) is 0 Å². The minimum Gasteiger partial charge on any atom is -0.309 e. The summed E-state index contributed by atoms with van der Waals surface area (Å²) in [5.41, 5.74) is 10.8. The van der Waals surface area contributed by atoms with Gasteiger partial charge in [-0.3, -0.25) is 0 Å². The maximum atomic E-state index is 5.10. The molecule has 4 heteroatoms. The number of para-hydroxylation sites is 1. The Morgan fingerprint density at radius 3 is 1.96 bits per heavy atom. The van der Waals surface area contributed by atoms with Crippen LogP contribution in [0.4, 0.5) is 0 Å². The highest BCUT2D eigenvalue weighted by Crippen LogP contribution is 2.42. The number of aromatic nitrogens is 3. The smallest absolute Gasteiger partial charge is 0.160 e. The van der Waals surface area contributed by atoms with Crippen LogP contribution in [0.5, 0.6) is 0 Å². The first-order chi connectivity index (χ1) is 22.8. The van der Waals surface area contributed by atoms with E-state index in [1.165, 1.54) is 42.7 Å². The molecule has 3 nitrogen and oxygen atoms in total. The summed E-state index contributed by atoms with van der Waals surface area (Å²) in [6, 6.07) is 53.4. The molecule has 1 aliphatic heterocycles. The molecule has 0 unspecified atom stereocenters. The van der Waals surface area contributed by atoms with E-state index in [2.05, 4.69) is 144 Å².